The SMILES string of the molecule is C=CCCCCCCCCC(=O)OC1CC[C@@]2(C)C(CC[C@H]3[C@@H]4CC[C@H]([C@H](C)CCCC(C)C)[C@@]4(C)CC[C@@H]32)C1. The predicted molar refractivity (Wildman–Crippen MR) is 170 cm³/mol. The molecule has 4 rings (SSSR count). The van der Waals surface area contributed by atoms with Gasteiger partial charge >= 0.3 is 5.97 Å². The molecular formula is C38H66O2. The molecule has 0 saturated heterocycles. The van der Waals surface area contributed by atoms with Gasteiger partial charge in [0.1, 0.15) is 6.10 Å². The quantitative estimate of drug-likeness (QED) is 0.114. The van der Waals surface area contributed by atoms with Crippen molar-refractivity contribution in [1.29, 1.82) is 0 Å². The van der Waals surface area contributed by atoms with Crippen molar-refractivity contribution in [2.45, 2.75) is 169 Å². The summed E-state index contributed by atoms with van der Waals surface area (Å²) in [5.74, 6) is 6.32. The number of ether oxygens (including phenoxy) is 1. The fourth-order valence-electron chi connectivity index (χ4n) is 10.9. The van der Waals surface area contributed by atoms with E-state index in [9.17, 15) is 4.79 Å². The summed E-state index contributed by atoms with van der Waals surface area (Å²) in [6.07, 6.45) is 27.7. The van der Waals surface area contributed by atoms with Crippen molar-refractivity contribution in [2.24, 2.45) is 52.3 Å². The molecule has 0 N–H and O–H groups in total. The number of rotatable bonds is 15. The van der Waals surface area contributed by atoms with E-state index in [1.165, 1.54) is 89.9 Å². The Hall–Kier alpha value is -0.790. The average Bonchev–Trinajstić information content (AvgIpc) is 3.27. The lowest BCUT2D eigenvalue weighted by Gasteiger charge is -2.61. The number of carbonyl (C=O) groups excluding carboxylic acids is 1. The van der Waals surface area contributed by atoms with Gasteiger partial charge in [-0.1, -0.05) is 85.6 Å². The normalized spacial score (nSPS) is 37.9. The van der Waals surface area contributed by atoms with Crippen molar-refractivity contribution in [3.8, 4) is 0 Å². The molecule has 4 aliphatic carbocycles. The Bertz CT molecular complexity index is 801. The van der Waals surface area contributed by atoms with Gasteiger partial charge in [0.2, 0.25) is 0 Å². The lowest BCUT2D eigenvalue weighted by molar-refractivity contribution is -0.162. The molecule has 0 spiro atoms. The molecule has 0 radical (unpaired) electrons. The molecule has 2 unspecified atom stereocenters. The van der Waals surface area contributed by atoms with Crippen molar-refractivity contribution in [3.05, 3.63) is 12.7 Å². The van der Waals surface area contributed by atoms with E-state index in [2.05, 4.69) is 41.2 Å². The Kier molecular flexibility index (Phi) is 11.7. The van der Waals surface area contributed by atoms with E-state index in [1.54, 1.807) is 0 Å². The van der Waals surface area contributed by atoms with E-state index in [1.807, 2.05) is 6.08 Å². The first-order valence-electron chi connectivity index (χ1n) is 18.0. The monoisotopic (exact) mass is 555 g/mol. The van der Waals surface area contributed by atoms with E-state index in [0.29, 0.717) is 17.3 Å². The third-order valence-corrected chi connectivity index (χ3v) is 13.2. The predicted octanol–water partition coefficient (Wildman–Crippen LogP) is 11.3. The van der Waals surface area contributed by atoms with Crippen molar-refractivity contribution >= 4 is 5.97 Å². The number of hydrogen-bond acceptors (Lipinski definition) is 2. The highest BCUT2D eigenvalue weighted by Gasteiger charge is 2.60. The van der Waals surface area contributed by atoms with Gasteiger partial charge in [-0.3, -0.25) is 4.79 Å². The van der Waals surface area contributed by atoms with Gasteiger partial charge < -0.3 is 4.74 Å². The molecule has 0 heterocycles. The molecule has 2 heteroatoms. The lowest BCUT2D eigenvalue weighted by atomic mass is 9.44. The molecule has 0 aromatic carbocycles. The topological polar surface area (TPSA) is 26.3 Å². The van der Waals surface area contributed by atoms with Crippen LogP contribution in [0.1, 0.15) is 163 Å². The minimum Gasteiger partial charge on any atom is -0.462 e. The first-order chi connectivity index (χ1) is 19.2. The third-order valence-electron chi connectivity index (χ3n) is 13.2. The Balaban J connectivity index is 1.23. The number of esters is 1. The zero-order valence-electron chi connectivity index (χ0n) is 27.4. The molecule has 230 valence electrons. The standard InChI is InChI=1S/C38H66O2/c1-7-8-9-10-11-12-13-14-18-36(39)40-31-23-25-37(5)30(27-31)19-20-32-34-22-21-33(29(4)17-15-16-28(2)3)38(34,6)26-24-35(32)37/h7,28-35H,1,8-27H2,2-6H3/t29-,30?,31?,32+,33-,34+,35+,37+,38-/m1/s1. The van der Waals surface area contributed by atoms with Gasteiger partial charge in [0.15, 0.2) is 0 Å². The minimum atomic E-state index is 0.0712. The van der Waals surface area contributed by atoms with Gasteiger partial charge in [-0.15, -0.1) is 6.58 Å². The summed E-state index contributed by atoms with van der Waals surface area (Å²) in [6.45, 7) is 16.5. The first-order valence-corrected chi connectivity index (χ1v) is 18.0. The fraction of sp³-hybridized carbons (Fsp3) is 0.921. The molecular weight excluding hydrogens is 488 g/mol. The van der Waals surface area contributed by atoms with Gasteiger partial charge in [0.05, 0.1) is 0 Å². The largest absolute Gasteiger partial charge is 0.462 e. The van der Waals surface area contributed by atoms with E-state index in [4.69, 9.17) is 4.74 Å². The molecule has 4 fully saturated rings. The van der Waals surface area contributed by atoms with Crippen LogP contribution < -0.4 is 0 Å². The van der Waals surface area contributed by atoms with Crippen LogP contribution in [0.15, 0.2) is 12.7 Å². The molecule has 2 nitrogen and oxygen atoms in total. The lowest BCUT2D eigenvalue weighted by Crippen LogP contribution is -2.54. The summed E-state index contributed by atoms with van der Waals surface area (Å²) in [6, 6.07) is 0. The van der Waals surface area contributed by atoms with Crippen LogP contribution in [0.5, 0.6) is 0 Å². The number of unbranched alkanes of at least 4 members (excludes halogenated alkanes) is 6. The summed E-state index contributed by atoms with van der Waals surface area (Å²) in [7, 11) is 0. The van der Waals surface area contributed by atoms with E-state index in [0.717, 1.165) is 73.5 Å². The summed E-state index contributed by atoms with van der Waals surface area (Å²) in [4.78, 5) is 12.7. The molecule has 0 aromatic rings. The Labute approximate surface area is 249 Å². The maximum atomic E-state index is 12.7. The molecule has 0 bridgehead atoms. The molecule has 0 aliphatic heterocycles. The zero-order chi connectivity index (χ0) is 28.8. The second-order valence-electron chi connectivity index (χ2n) is 16.0. The molecule has 9 atom stereocenters. The van der Waals surface area contributed by atoms with Crippen LogP contribution in [0, 0.1) is 52.3 Å². The summed E-state index contributed by atoms with van der Waals surface area (Å²) in [5.41, 5.74) is 1.06. The highest BCUT2D eigenvalue weighted by molar-refractivity contribution is 5.69. The smallest absolute Gasteiger partial charge is 0.306 e. The summed E-state index contributed by atoms with van der Waals surface area (Å²) < 4.78 is 6.10. The number of allylic oxidation sites excluding steroid dienone is 1. The second-order valence-corrected chi connectivity index (χ2v) is 16.0. The van der Waals surface area contributed by atoms with Crippen molar-refractivity contribution in [2.75, 3.05) is 0 Å². The summed E-state index contributed by atoms with van der Waals surface area (Å²) >= 11 is 0. The van der Waals surface area contributed by atoms with Gasteiger partial charge in [0.25, 0.3) is 0 Å². The zero-order valence-corrected chi connectivity index (χ0v) is 27.4. The van der Waals surface area contributed by atoms with E-state index < -0.39 is 0 Å². The molecule has 0 amide bonds. The number of carbonyl (C=O) groups is 1. The number of hydrogen-bond donors (Lipinski definition) is 0. The van der Waals surface area contributed by atoms with Crippen LogP contribution in [0.4, 0.5) is 0 Å². The van der Waals surface area contributed by atoms with Crippen LogP contribution in [0.3, 0.4) is 0 Å². The average molecular weight is 555 g/mol. The highest BCUT2D eigenvalue weighted by Crippen LogP contribution is 2.68. The van der Waals surface area contributed by atoms with Crippen LogP contribution in [-0.4, -0.2) is 12.1 Å². The second kappa shape index (κ2) is 14.6. The van der Waals surface area contributed by atoms with Gasteiger partial charge in [0, 0.05) is 6.42 Å². The maximum absolute atomic E-state index is 12.7. The van der Waals surface area contributed by atoms with Crippen LogP contribution >= 0.6 is 0 Å². The maximum Gasteiger partial charge on any atom is 0.306 e. The summed E-state index contributed by atoms with van der Waals surface area (Å²) in [5, 5.41) is 0. The highest BCUT2D eigenvalue weighted by atomic mass is 16.5. The van der Waals surface area contributed by atoms with Gasteiger partial charge in [-0.05, 0) is 129 Å². The van der Waals surface area contributed by atoms with Crippen LogP contribution in [0.25, 0.3) is 0 Å². The molecule has 4 saturated carbocycles. The molecule has 0 aromatic heterocycles. The Morgan fingerprint density at radius 1 is 0.825 bits per heavy atom. The van der Waals surface area contributed by atoms with Crippen LogP contribution in [-0.2, 0) is 9.53 Å². The van der Waals surface area contributed by atoms with Crippen molar-refractivity contribution in [1.82, 2.24) is 0 Å². The van der Waals surface area contributed by atoms with E-state index in [-0.39, 0.29) is 12.1 Å². The Morgan fingerprint density at radius 2 is 1.52 bits per heavy atom. The third kappa shape index (κ3) is 7.40. The van der Waals surface area contributed by atoms with Crippen molar-refractivity contribution in [3.63, 3.8) is 0 Å². The minimum absolute atomic E-state index is 0.0712. The van der Waals surface area contributed by atoms with Gasteiger partial charge in [-0.25, -0.2) is 0 Å². The Morgan fingerprint density at radius 3 is 2.27 bits per heavy atom. The molecule has 4 aliphatic rings. The van der Waals surface area contributed by atoms with Crippen molar-refractivity contribution < 1.29 is 9.53 Å². The van der Waals surface area contributed by atoms with Crippen LogP contribution in [0.2, 0.25) is 0 Å². The van der Waals surface area contributed by atoms with E-state index >= 15 is 0 Å². The first kappa shape index (κ1) is 32.1. The fourth-order valence-corrected chi connectivity index (χ4v) is 10.9. The van der Waals surface area contributed by atoms with Gasteiger partial charge in [-0.2, -0.15) is 0 Å². The molecule has 40 heavy (non-hydrogen) atoms. The number of fused-ring (bicyclic) bond motifs is 5.